The van der Waals surface area contributed by atoms with Gasteiger partial charge in [0.15, 0.2) is 0 Å². The maximum absolute atomic E-state index is 5.32. The van der Waals surface area contributed by atoms with E-state index in [9.17, 15) is 0 Å². The van der Waals surface area contributed by atoms with Crippen molar-refractivity contribution in [2.75, 3.05) is 20.2 Å². The third kappa shape index (κ3) is 2.94. The molecule has 1 aliphatic heterocycles. The van der Waals surface area contributed by atoms with Crippen LogP contribution in [0.2, 0.25) is 0 Å². The molecule has 0 saturated carbocycles. The molecule has 2 nitrogen and oxygen atoms in total. The fourth-order valence-corrected chi connectivity index (χ4v) is 2.68. The van der Waals surface area contributed by atoms with Crippen LogP contribution in [0.5, 0.6) is 5.75 Å². The molecule has 0 fully saturated rings. The van der Waals surface area contributed by atoms with Gasteiger partial charge in [-0.2, -0.15) is 0 Å². The molecule has 0 radical (unpaired) electrons. The van der Waals surface area contributed by atoms with Gasteiger partial charge in [0.25, 0.3) is 0 Å². The zero-order valence-electron chi connectivity index (χ0n) is 11.7. The molecule has 0 N–H and O–H groups in total. The van der Waals surface area contributed by atoms with Crippen molar-refractivity contribution in [3.05, 3.63) is 41.5 Å². The van der Waals surface area contributed by atoms with E-state index in [1.165, 1.54) is 16.7 Å². The van der Waals surface area contributed by atoms with Gasteiger partial charge in [0.05, 0.1) is 7.11 Å². The summed E-state index contributed by atoms with van der Waals surface area (Å²) in [5.74, 6) is 0.967. The van der Waals surface area contributed by atoms with Crippen LogP contribution in [0.15, 0.2) is 30.4 Å². The van der Waals surface area contributed by atoms with E-state index in [0.717, 1.165) is 31.7 Å². The second-order valence-corrected chi connectivity index (χ2v) is 5.37. The number of benzene rings is 1. The van der Waals surface area contributed by atoms with Crippen molar-refractivity contribution in [1.82, 2.24) is 4.90 Å². The van der Waals surface area contributed by atoms with Crippen molar-refractivity contribution in [3.63, 3.8) is 0 Å². The molecule has 0 aliphatic carbocycles. The predicted molar refractivity (Wildman–Crippen MR) is 76.3 cm³/mol. The second-order valence-electron chi connectivity index (χ2n) is 5.37. The van der Waals surface area contributed by atoms with E-state index in [0.29, 0.717) is 6.04 Å². The summed E-state index contributed by atoms with van der Waals surface area (Å²) < 4.78 is 5.32. The zero-order valence-corrected chi connectivity index (χ0v) is 11.7. The molecule has 0 amide bonds. The van der Waals surface area contributed by atoms with E-state index in [2.05, 4.69) is 43.5 Å². The predicted octanol–water partition coefficient (Wildman–Crippen LogP) is 3.06. The Morgan fingerprint density at radius 2 is 2.22 bits per heavy atom. The van der Waals surface area contributed by atoms with Crippen molar-refractivity contribution >= 4 is 0 Å². The largest absolute Gasteiger partial charge is 0.497 e. The Hall–Kier alpha value is -1.28. The van der Waals surface area contributed by atoms with E-state index in [-0.39, 0.29) is 0 Å². The SMILES string of the molecule is C=C(C)CN1CCc2ccc(OC)cc2CC1C. The van der Waals surface area contributed by atoms with Crippen molar-refractivity contribution in [2.45, 2.75) is 32.7 Å². The Morgan fingerprint density at radius 1 is 1.44 bits per heavy atom. The maximum Gasteiger partial charge on any atom is 0.119 e. The molecule has 2 heteroatoms. The van der Waals surface area contributed by atoms with Crippen molar-refractivity contribution in [3.8, 4) is 5.75 Å². The maximum atomic E-state index is 5.32. The van der Waals surface area contributed by atoms with Crippen molar-refractivity contribution in [1.29, 1.82) is 0 Å². The minimum atomic E-state index is 0.565. The fraction of sp³-hybridized carbons (Fsp3) is 0.500. The summed E-state index contributed by atoms with van der Waals surface area (Å²) in [7, 11) is 1.73. The summed E-state index contributed by atoms with van der Waals surface area (Å²) >= 11 is 0. The van der Waals surface area contributed by atoms with Gasteiger partial charge in [-0.3, -0.25) is 4.90 Å². The van der Waals surface area contributed by atoms with Crippen molar-refractivity contribution in [2.24, 2.45) is 0 Å². The zero-order chi connectivity index (χ0) is 13.1. The lowest BCUT2D eigenvalue weighted by atomic mass is 10.0. The lowest BCUT2D eigenvalue weighted by molar-refractivity contribution is 0.235. The first-order valence-corrected chi connectivity index (χ1v) is 6.64. The normalized spacial score (nSPS) is 20.1. The molecule has 0 bridgehead atoms. The number of hydrogen-bond donors (Lipinski definition) is 0. The van der Waals surface area contributed by atoms with E-state index < -0.39 is 0 Å². The van der Waals surface area contributed by atoms with Gasteiger partial charge in [0.2, 0.25) is 0 Å². The van der Waals surface area contributed by atoms with Crippen LogP contribution >= 0.6 is 0 Å². The van der Waals surface area contributed by atoms with Crippen LogP contribution in [0.4, 0.5) is 0 Å². The molecule has 1 aromatic rings. The Bertz CT molecular complexity index is 439. The summed E-state index contributed by atoms with van der Waals surface area (Å²) in [5, 5.41) is 0. The topological polar surface area (TPSA) is 12.5 Å². The summed E-state index contributed by atoms with van der Waals surface area (Å²) in [4.78, 5) is 2.52. The van der Waals surface area contributed by atoms with Gasteiger partial charge < -0.3 is 4.74 Å². The van der Waals surface area contributed by atoms with E-state index in [1.54, 1.807) is 7.11 Å². The molecule has 18 heavy (non-hydrogen) atoms. The molecule has 0 aromatic heterocycles. The average molecular weight is 245 g/mol. The molecule has 1 unspecified atom stereocenters. The summed E-state index contributed by atoms with van der Waals surface area (Å²) in [5.41, 5.74) is 4.14. The third-order valence-electron chi connectivity index (χ3n) is 3.69. The number of nitrogens with zero attached hydrogens (tertiary/aromatic N) is 1. The number of fused-ring (bicyclic) bond motifs is 1. The molecule has 1 heterocycles. The van der Waals surface area contributed by atoms with Gasteiger partial charge in [-0.05, 0) is 49.9 Å². The molecule has 98 valence electrons. The molecular formula is C16H23NO. The van der Waals surface area contributed by atoms with Gasteiger partial charge in [0.1, 0.15) is 5.75 Å². The molecule has 1 atom stereocenters. The van der Waals surface area contributed by atoms with Gasteiger partial charge in [-0.1, -0.05) is 18.2 Å². The second kappa shape index (κ2) is 5.57. The first-order valence-electron chi connectivity index (χ1n) is 6.64. The van der Waals surface area contributed by atoms with E-state index in [4.69, 9.17) is 4.74 Å². The molecule has 0 spiro atoms. The lowest BCUT2D eigenvalue weighted by Gasteiger charge is -2.26. The standard InChI is InChI=1S/C16H23NO/c1-12(2)11-17-8-7-14-5-6-16(18-4)10-15(14)9-13(17)3/h5-6,10,13H,1,7-9,11H2,2-4H3. The Balaban J connectivity index is 2.19. The number of rotatable bonds is 3. The summed E-state index contributed by atoms with van der Waals surface area (Å²) in [6.45, 7) is 10.6. The highest BCUT2D eigenvalue weighted by Crippen LogP contribution is 2.24. The van der Waals surface area contributed by atoms with Crippen LogP contribution in [0.3, 0.4) is 0 Å². The quantitative estimate of drug-likeness (QED) is 0.759. The van der Waals surface area contributed by atoms with Crippen LogP contribution in [0.1, 0.15) is 25.0 Å². The van der Waals surface area contributed by atoms with Crippen molar-refractivity contribution < 1.29 is 4.74 Å². The third-order valence-corrected chi connectivity index (χ3v) is 3.69. The number of ether oxygens (including phenoxy) is 1. The Morgan fingerprint density at radius 3 is 2.89 bits per heavy atom. The van der Waals surface area contributed by atoms with Crippen LogP contribution in [0, 0.1) is 0 Å². The fourth-order valence-electron chi connectivity index (χ4n) is 2.68. The highest BCUT2D eigenvalue weighted by Gasteiger charge is 2.20. The lowest BCUT2D eigenvalue weighted by Crippen LogP contribution is -2.35. The number of methoxy groups -OCH3 is 1. The smallest absolute Gasteiger partial charge is 0.119 e. The first-order chi connectivity index (χ1) is 8.60. The summed E-state index contributed by atoms with van der Waals surface area (Å²) in [6.07, 6.45) is 2.22. The van der Waals surface area contributed by atoms with E-state index in [1.807, 2.05) is 0 Å². The van der Waals surface area contributed by atoms with Gasteiger partial charge in [-0.15, -0.1) is 0 Å². The molecule has 2 rings (SSSR count). The highest BCUT2D eigenvalue weighted by molar-refractivity contribution is 5.37. The van der Waals surface area contributed by atoms with Crippen LogP contribution in [-0.2, 0) is 12.8 Å². The van der Waals surface area contributed by atoms with Crippen LogP contribution < -0.4 is 4.74 Å². The Kier molecular flexibility index (Phi) is 4.07. The molecule has 1 aromatic carbocycles. The minimum absolute atomic E-state index is 0.565. The number of hydrogen-bond acceptors (Lipinski definition) is 2. The van der Waals surface area contributed by atoms with Gasteiger partial charge in [0, 0.05) is 19.1 Å². The van der Waals surface area contributed by atoms with E-state index >= 15 is 0 Å². The highest BCUT2D eigenvalue weighted by atomic mass is 16.5. The Labute approximate surface area is 110 Å². The van der Waals surface area contributed by atoms with Gasteiger partial charge >= 0.3 is 0 Å². The molecule has 0 saturated heterocycles. The first kappa shape index (κ1) is 13.2. The monoisotopic (exact) mass is 245 g/mol. The molecular weight excluding hydrogens is 222 g/mol. The summed E-state index contributed by atoms with van der Waals surface area (Å²) in [6, 6.07) is 7.04. The average Bonchev–Trinajstić information content (AvgIpc) is 2.48. The molecule has 1 aliphatic rings. The van der Waals surface area contributed by atoms with Crippen LogP contribution in [0.25, 0.3) is 0 Å². The minimum Gasteiger partial charge on any atom is -0.497 e. The van der Waals surface area contributed by atoms with Crippen LogP contribution in [-0.4, -0.2) is 31.1 Å². The van der Waals surface area contributed by atoms with Gasteiger partial charge in [-0.25, -0.2) is 0 Å².